The van der Waals surface area contributed by atoms with Crippen molar-refractivity contribution in [2.24, 2.45) is 0 Å². The van der Waals surface area contributed by atoms with Crippen LogP contribution in [0.3, 0.4) is 0 Å². The fourth-order valence-corrected chi connectivity index (χ4v) is 2.10. The molecule has 22 heavy (non-hydrogen) atoms. The zero-order valence-electron chi connectivity index (χ0n) is 12.7. The monoisotopic (exact) mass is 295 g/mol. The van der Waals surface area contributed by atoms with E-state index in [1.807, 2.05) is 12.1 Å². The summed E-state index contributed by atoms with van der Waals surface area (Å²) < 4.78 is 0. The smallest absolute Gasteiger partial charge is 0.201 e. The predicted molar refractivity (Wildman–Crippen MR) is 83.2 cm³/mol. The lowest BCUT2D eigenvalue weighted by molar-refractivity contribution is 0.475. The molecule has 0 saturated carbocycles. The van der Waals surface area contributed by atoms with Crippen LogP contribution in [-0.4, -0.2) is 30.3 Å². The third-order valence-corrected chi connectivity index (χ3v) is 3.40. The zero-order valence-corrected chi connectivity index (χ0v) is 12.7. The van der Waals surface area contributed by atoms with Crippen LogP contribution in [-0.2, 0) is 5.41 Å². The summed E-state index contributed by atoms with van der Waals surface area (Å²) in [6.07, 6.45) is 4.77. The molecule has 3 aromatic rings. The lowest BCUT2D eigenvalue weighted by Gasteiger charge is -2.19. The first-order valence-corrected chi connectivity index (χ1v) is 6.98. The minimum Gasteiger partial charge on any atom is -0.507 e. The van der Waals surface area contributed by atoms with Crippen molar-refractivity contribution in [1.29, 1.82) is 0 Å². The summed E-state index contributed by atoms with van der Waals surface area (Å²) in [5, 5.41) is 17.1. The zero-order chi connectivity index (χ0) is 15.7. The van der Waals surface area contributed by atoms with Gasteiger partial charge >= 0.3 is 0 Å². The third kappa shape index (κ3) is 2.67. The van der Waals surface area contributed by atoms with Crippen LogP contribution in [0.25, 0.3) is 22.9 Å². The summed E-state index contributed by atoms with van der Waals surface area (Å²) in [7, 11) is 0. The maximum absolute atomic E-state index is 10.1. The van der Waals surface area contributed by atoms with Gasteiger partial charge in [0.25, 0.3) is 0 Å². The molecule has 0 saturated heterocycles. The second kappa shape index (κ2) is 5.22. The average Bonchev–Trinajstić information content (AvgIpc) is 2.97. The number of aromatic nitrogens is 5. The van der Waals surface area contributed by atoms with Gasteiger partial charge in [-0.2, -0.15) is 5.10 Å². The fourth-order valence-electron chi connectivity index (χ4n) is 2.10. The molecule has 0 radical (unpaired) electrons. The van der Waals surface area contributed by atoms with Crippen LogP contribution < -0.4 is 0 Å². The quantitative estimate of drug-likeness (QED) is 0.759. The van der Waals surface area contributed by atoms with Gasteiger partial charge in [0.1, 0.15) is 11.4 Å². The highest BCUT2D eigenvalue weighted by molar-refractivity contribution is 5.66. The van der Waals surface area contributed by atoms with Crippen molar-refractivity contribution in [3.8, 4) is 28.7 Å². The minimum atomic E-state index is -0.0177. The van der Waals surface area contributed by atoms with E-state index in [1.54, 1.807) is 24.7 Å². The van der Waals surface area contributed by atoms with Crippen molar-refractivity contribution in [2.75, 3.05) is 0 Å². The molecule has 0 aliphatic heterocycles. The molecule has 0 aliphatic carbocycles. The summed E-state index contributed by atoms with van der Waals surface area (Å²) in [6, 6.07) is 5.52. The van der Waals surface area contributed by atoms with Gasteiger partial charge in [-0.15, -0.1) is 0 Å². The number of rotatable bonds is 2. The van der Waals surface area contributed by atoms with Crippen molar-refractivity contribution in [1.82, 2.24) is 25.1 Å². The Labute approximate surface area is 128 Å². The largest absolute Gasteiger partial charge is 0.507 e. The van der Waals surface area contributed by atoms with E-state index in [1.165, 1.54) is 0 Å². The molecule has 6 nitrogen and oxygen atoms in total. The van der Waals surface area contributed by atoms with Crippen LogP contribution in [0.1, 0.15) is 26.3 Å². The van der Waals surface area contributed by atoms with Gasteiger partial charge in [-0.05, 0) is 23.1 Å². The maximum Gasteiger partial charge on any atom is 0.201 e. The van der Waals surface area contributed by atoms with Crippen molar-refractivity contribution >= 4 is 0 Å². The molecule has 0 atom stereocenters. The van der Waals surface area contributed by atoms with Gasteiger partial charge in [-0.1, -0.05) is 26.8 Å². The van der Waals surface area contributed by atoms with Crippen molar-refractivity contribution in [3.05, 3.63) is 42.4 Å². The molecule has 0 amide bonds. The van der Waals surface area contributed by atoms with E-state index >= 15 is 0 Å². The lowest BCUT2D eigenvalue weighted by atomic mass is 9.86. The van der Waals surface area contributed by atoms with E-state index in [0.29, 0.717) is 22.9 Å². The normalized spacial score (nSPS) is 11.6. The number of nitrogens with one attached hydrogen (secondary N) is 1. The number of phenols is 1. The van der Waals surface area contributed by atoms with E-state index in [4.69, 9.17) is 0 Å². The molecule has 2 N–H and O–H groups in total. The van der Waals surface area contributed by atoms with Gasteiger partial charge in [-0.3, -0.25) is 10.1 Å². The van der Waals surface area contributed by atoms with Gasteiger partial charge in [0, 0.05) is 12.4 Å². The fraction of sp³-hybridized carbons (Fsp3) is 0.250. The molecule has 6 heteroatoms. The maximum atomic E-state index is 10.1. The van der Waals surface area contributed by atoms with Crippen molar-refractivity contribution in [3.63, 3.8) is 0 Å². The minimum absolute atomic E-state index is 0.0177. The number of aromatic amines is 1. The van der Waals surface area contributed by atoms with Crippen LogP contribution in [0.2, 0.25) is 0 Å². The number of nitrogens with zero attached hydrogens (tertiary/aromatic N) is 4. The van der Waals surface area contributed by atoms with E-state index in [0.717, 1.165) is 5.56 Å². The molecular formula is C16H17N5O. The molecule has 112 valence electrons. The summed E-state index contributed by atoms with van der Waals surface area (Å²) in [5.41, 5.74) is 2.29. The Morgan fingerprint density at radius 3 is 2.64 bits per heavy atom. The highest BCUT2D eigenvalue weighted by atomic mass is 16.3. The predicted octanol–water partition coefficient (Wildman–Crippen LogP) is 2.93. The van der Waals surface area contributed by atoms with Crippen LogP contribution in [0.4, 0.5) is 0 Å². The highest BCUT2D eigenvalue weighted by Crippen LogP contribution is 2.32. The number of hydrogen-bond acceptors (Lipinski definition) is 5. The molecule has 3 rings (SSSR count). The Morgan fingerprint density at radius 1 is 1.14 bits per heavy atom. The SMILES string of the molecule is CC(C)(C)c1ccc(O)c(-c2nc(-c3cnccn3)n[nH]2)c1. The van der Waals surface area contributed by atoms with Gasteiger partial charge in [0.2, 0.25) is 5.82 Å². The van der Waals surface area contributed by atoms with Crippen molar-refractivity contribution in [2.45, 2.75) is 26.2 Å². The van der Waals surface area contributed by atoms with Gasteiger partial charge in [0.05, 0.1) is 11.8 Å². The summed E-state index contributed by atoms with van der Waals surface area (Å²) in [6.45, 7) is 6.36. The lowest BCUT2D eigenvalue weighted by Crippen LogP contribution is -2.10. The summed E-state index contributed by atoms with van der Waals surface area (Å²) >= 11 is 0. The molecular weight excluding hydrogens is 278 g/mol. The van der Waals surface area contributed by atoms with Gasteiger partial charge in [-0.25, -0.2) is 9.97 Å². The highest BCUT2D eigenvalue weighted by Gasteiger charge is 2.18. The molecule has 0 aliphatic rings. The number of benzene rings is 1. The Hall–Kier alpha value is -2.76. The molecule has 0 unspecified atom stereocenters. The first kappa shape index (κ1) is 14.2. The molecule has 0 fully saturated rings. The van der Waals surface area contributed by atoms with Gasteiger partial charge < -0.3 is 5.11 Å². The Morgan fingerprint density at radius 2 is 1.95 bits per heavy atom. The van der Waals surface area contributed by atoms with Crippen molar-refractivity contribution < 1.29 is 5.11 Å². The molecule has 2 aromatic heterocycles. The number of hydrogen-bond donors (Lipinski definition) is 2. The summed E-state index contributed by atoms with van der Waals surface area (Å²) in [4.78, 5) is 12.6. The molecule has 0 bridgehead atoms. The van der Waals surface area contributed by atoms with Crippen LogP contribution in [0.15, 0.2) is 36.8 Å². The molecule has 1 aromatic carbocycles. The Kier molecular flexibility index (Phi) is 3.36. The van der Waals surface area contributed by atoms with E-state index in [9.17, 15) is 5.11 Å². The second-order valence-electron chi connectivity index (χ2n) is 6.08. The third-order valence-electron chi connectivity index (χ3n) is 3.40. The van der Waals surface area contributed by atoms with Crippen LogP contribution in [0, 0.1) is 0 Å². The summed E-state index contributed by atoms with van der Waals surface area (Å²) in [5.74, 6) is 1.11. The molecule has 2 heterocycles. The van der Waals surface area contributed by atoms with Crippen LogP contribution in [0.5, 0.6) is 5.75 Å². The number of H-pyrrole nitrogens is 1. The first-order valence-electron chi connectivity index (χ1n) is 6.98. The van der Waals surface area contributed by atoms with E-state index < -0.39 is 0 Å². The number of phenolic OH excluding ortho intramolecular Hbond substituents is 1. The van der Waals surface area contributed by atoms with E-state index in [-0.39, 0.29) is 11.2 Å². The second-order valence-corrected chi connectivity index (χ2v) is 6.08. The topological polar surface area (TPSA) is 87.6 Å². The Balaban J connectivity index is 2.04. The number of aromatic hydroxyl groups is 1. The Bertz CT molecular complexity index is 790. The molecule has 0 spiro atoms. The van der Waals surface area contributed by atoms with E-state index in [2.05, 4.69) is 45.9 Å². The van der Waals surface area contributed by atoms with Gasteiger partial charge in [0.15, 0.2) is 5.82 Å². The van der Waals surface area contributed by atoms with Crippen LogP contribution >= 0.6 is 0 Å². The first-order chi connectivity index (χ1) is 10.4. The average molecular weight is 295 g/mol. The standard InChI is InChI=1S/C16H17N5O/c1-16(2,3)10-4-5-13(22)11(8-10)14-19-15(21-20-14)12-9-17-6-7-18-12/h4-9,22H,1-3H3,(H,19,20,21).